The Morgan fingerprint density at radius 1 is 1.00 bits per heavy atom. The molecule has 136 valence electrons. The Morgan fingerprint density at radius 3 is 2.50 bits per heavy atom. The molecule has 1 aliphatic carbocycles. The summed E-state index contributed by atoms with van der Waals surface area (Å²) in [5.74, 6) is 2.34. The molecule has 0 radical (unpaired) electrons. The van der Waals surface area contributed by atoms with E-state index in [-0.39, 0.29) is 0 Å². The van der Waals surface area contributed by atoms with Crippen LogP contribution in [0.25, 0.3) is 0 Å². The van der Waals surface area contributed by atoms with Crippen molar-refractivity contribution in [2.24, 2.45) is 0 Å². The molecule has 1 N–H and O–H groups in total. The van der Waals surface area contributed by atoms with Gasteiger partial charge in [0.15, 0.2) is 11.5 Å². The lowest BCUT2D eigenvalue weighted by atomic mass is 9.88. The van der Waals surface area contributed by atoms with Gasteiger partial charge in [0, 0.05) is 16.7 Å². The van der Waals surface area contributed by atoms with Crippen LogP contribution in [-0.4, -0.2) is 13.7 Å². The standard InChI is InChI=1S/C22H24BrNO2/c1-25-21-14-19(23)17-11-12-24-20(16-3-2-4-16)10-7-15-5-8-18(9-6-15)26-22(21)13-17/h5-6,8-9,13-14,24H,2-4,7,10-12H2,1H3. The Balaban J connectivity index is 1.70. The number of benzene rings is 2. The number of halogens is 1. The maximum atomic E-state index is 6.10. The number of methoxy groups -OCH3 is 1. The molecule has 0 aromatic heterocycles. The molecular weight excluding hydrogens is 390 g/mol. The minimum Gasteiger partial charge on any atom is -0.493 e. The predicted molar refractivity (Wildman–Crippen MR) is 108 cm³/mol. The first-order chi connectivity index (χ1) is 12.7. The monoisotopic (exact) mass is 413 g/mol. The zero-order valence-electron chi connectivity index (χ0n) is 15.1. The fourth-order valence-electron chi connectivity index (χ4n) is 3.52. The lowest BCUT2D eigenvalue weighted by Gasteiger charge is -2.24. The molecule has 26 heavy (non-hydrogen) atoms. The molecule has 1 fully saturated rings. The summed E-state index contributed by atoms with van der Waals surface area (Å²) in [6.07, 6.45) is 6.93. The normalized spacial score (nSPS) is 17.0. The number of aryl methyl sites for hydroxylation is 1. The molecule has 0 atom stereocenters. The Bertz CT molecular complexity index is 821. The van der Waals surface area contributed by atoms with Gasteiger partial charge in [0.2, 0.25) is 0 Å². The van der Waals surface area contributed by atoms with E-state index >= 15 is 0 Å². The summed E-state index contributed by atoms with van der Waals surface area (Å²) in [5.41, 5.74) is 5.64. The van der Waals surface area contributed by atoms with E-state index in [1.165, 1.54) is 36.1 Å². The Morgan fingerprint density at radius 2 is 1.81 bits per heavy atom. The predicted octanol–water partition coefficient (Wildman–Crippen LogP) is 5.77. The van der Waals surface area contributed by atoms with Gasteiger partial charge in [-0.1, -0.05) is 33.6 Å². The van der Waals surface area contributed by atoms with Gasteiger partial charge in [0.05, 0.1) is 7.11 Å². The Labute approximate surface area is 163 Å². The van der Waals surface area contributed by atoms with Crippen LogP contribution in [0.4, 0.5) is 0 Å². The van der Waals surface area contributed by atoms with Crippen molar-refractivity contribution in [1.29, 1.82) is 0 Å². The lowest BCUT2D eigenvalue weighted by molar-refractivity contribution is 0.378. The first-order valence-electron chi connectivity index (χ1n) is 9.31. The highest BCUT2D eigenvalue weighted by Crippen LogP contribution is 2.37. The highest BCUT2D eigenvalue weighted by molar-refractivity contribution is 9.10. The summed E-state index contributed by atoms with van der Waals surface area (Å²) in [6, 6.07) is 12.5. The van der Waals surface area contributed by atoms with Crippen LogP contribution in [0, 0.1) is 0 Å². The van der Waals surface area contributed by atoms with E-state index in [0.29, 0.717) is 0 Å². The van der Waals surface area contributed by atoms with Crippen LogP contribution in [0.15, 0.2) is 52.1 Å². The van der Waals surface area contributed by atoms with Crippen LogP contribution in [0.5, 0.6) is 17.2 Å². The van der Waals surface area contributed by atoms with Gasteiger partial charge in [0.1, 0.15) is 5.75 Å². The molecule has 3 aliphatic rings. The van der Waals surface area contributed by atoms with Gasteiger partial charge in [0.25, 0.3) is 0 Å². The van der Waals surface area contributed by atoms with Crippen molar-refractivity contribution < 1.29 is 9.47 Å². The van der Waals surface area contributed by atoms with E-state index in [0.717, 1.165) is 47.5 Å². The maximum absolute atomic E-state index is 6.10. The second-order valence-corrected chi connectivity index (χ2v) is 7.81. The topological polar surface area (TPSA) is 30.5 Å². The number of hydrogen-bond donors (Lipinski definition) is 1. The minimum absolute atomic E-state index is 0.738. The second-order valence-electron chi connectivity index (χ2n) is 6.95. The largest absolute Gasteiger partial charge is 0.493 e. The molecular formula is C22H24BrNO2. The molecule has 2 heterocycles. The highest BCUT2D eigenvalue weighted by atomic mass is 79.9. The third-order valence-corrected chi connectivity index (χ3v) is 6.00. The van der Waals surface area contributed by atoms with Gasteiger partial charge in [-0.3, -0.25) is 0 Å². The summed E-state index contributed by atoms with van der Waals surface area (Å²) < 4.78 is 12.7. The summed E-state index contributed by atoms with van der Waals surface area (Å²) >= 11 is 3.68. The highest BCUT2D eigenvalue weighted by Gasteiger charge is 2.16. The van der Waals surface area contributed by atoms with Crippen molar-refractivity contribution in [3.63, 3.8) is 0 Å². The number of allylic oxidation sites excluding steroid dienone is 2. The molecule has 0 unspecified atom stereocenters. The average molecular weight is 414 g/mol. The molecule has 2 aromatic rings. The van der Waals surface area contributed by atoms with Gasteiger partial charge in [-0.05, 0) is 73.9 Å². The number of rotatable bonds is 1. The van der Waals surface area contributed by atoms with E-state index in [9.17, 15) is 0 Å². The van der Waals surface area contributed by atoms with Gasteiger partial charge in [-0.25, -0.2) is 0 Å². The molecule has 1 saturated carbocycles. The van der Waals surface area contributed by atoms with E-state index in [4.69, 9.17) is 9.47 Å². The van der Waals surface area contributed by atoms with Crippen LogP contribution in [-0.2, 0) is 12.8 Å². The molecule has 3 nitrogen and oxygen atoms in total. The van der Waals surface area contributed by atoms with E-state index in [1.807, 2.05) is 18.2 Å². The van der Waals surface area contributed by atoms with E-state index < -0.39 is 0 Å². The Hall–Kier alpha value is -1.94. The zero-order chi connectivity index (χ0) is 17.9. The van der Waals surface area contributed by atoms with Crippen LogP contribution in [0.1, 0.15) is 36.8 Å². The second kappa shape index (κ2) is 7.75. The average Bonchev–Trinajstić information content (AvgIpc) is 2.61. The van der Waals surface area contributed by atoms with Gasteiger partial charge in [-0.2, -0.15) is 0 Å². The number of fused-ring (bicyclic) bond motifs is 7. The number of hydrogen-bond acceptors (Lipinski definition) is 3. The first kappa shape index (κ1) is 17.5. The molecule has 0 spiro atoms. The SMILES string of the molecule is COc1cc(Br)c2cc1Oc1ccc(cc1)CCC(=C1CCC1)NCC2. The molecule has 0 saturated heterocycles. The summed E-state index contributed by atoms with van der Waals surface area (Å²) in [4.78, 5) is 0. The zero-order valence-corrected chi connectivity index (χ0v) is 16.7. The van der Waals surface area contributed by atoms with Crippen molar-refractivity contribution in [3.8, 4) is 17.2 Å². The minimum atomic E-state index is 0.738. The molecule has 5 rings (SSSR count). The van der Waals surface area contributed by atoms with Crippen LogP contribution in [0.2, 0.25) is 0 Å². The van der Waals surface area contributed by atoms with Crippen molar-refractivity contribution >= 4 is 15.9 Å². The van der Waals surface area contributed by atoms with Crippen molar-refractivity contribution in [2.75, 3.05) is 13.7 Å². The van der Waals surface area contributed by atoms with Crippen LogP contribution < -0.4 is 14.8 Å². The molecule has 4 heteroatoms. The van der Waals surface area contributed by atoms with Crippen molar-refractivity contribution in [3.05, 3.63) is 63.3 Å². The number of ether oxygens (including phenoxy) is 2. The fraction of sp³-hybridized carbons (Fsp3) is 0.364. The third kappa shape index (κ3) is 3.75. The van der Waals surface area contributed by atoms with Crippen LogP contribution in [0.3, 0.4) is 0 Å². The molecule has 4 bridgehead atoms. The summed E-state index contributed by atoms with van der Waals surface area (Å²) in [5, 5.41) is 3.72. The van der Waals surface area contributed by atoms with Crippen molar-refractivity contribution in [1.82, 2.24) is 5.32 Å². The van der Waals surface area contributed by atoms with Gasteiger partial charge >= 0.3 is 0 Å². The Kier molecular flexibility index (Phi) is 5.21. The van der Waals surface area contributed by atoms with E-state index in [2.05, 4.69) is 39.4 Å². The smallest absolute Gasteiger partial charge is 0.169 e. The van der Waals surface area contributed by atoms with E-state index in [1.54, 1.807) is 12.7 Å². The number of nitrogens with one attached hydrogen (secondary N) is 1. The van der Waals surface area contributed by atoms with Gasteiger partial charge in [-0.15, -0.1) is 0 Å². The molecule has 0 amide bonds. The van der Waals surface area contributed by atoms with Gasteiger partial charge < -0.3 is 14.8 Å². The fourth-order valence-corrected chi connectivity index (χ4v) is 4.04. The van der Waals surface area contributed by atoms with Crippen molar-refractivity contribution in [2.45, 2.75) is 38.5 Å². The van der Waals surface area contributed by atoms with Crippen LogP contribution >= 0.6 is 15.9 Å². The summed E-state index contributed by atoms with van der Waals surface area (Å²) in [6.45, 7) is 0.931. The maximum Gasteiger partial charge on any atom is 0.169 e. The quantitative estimate of drug-likeness (QED) is 0.643. The molecule has 2 aliphatic heterocycles. The third-order valence-electron chi connectivity index (χ3n) is 5.26. The summed E-state index contributed by atoms with van der Waals surface area (Å²) in [7, 11) is 1.67. The lowest BCUT2D eigenvalue weighted by Crippen LogP contribution is -2.21. The first-order valence-corrected chi connectivity index (χ1v) is 10.1. The molecule has 2 aromatic carbocycles.